The number of carbonyl (C=O) groups is 2. The Morgan fingerprint density at radius 3 is 2.09 bits per heavy atom. The molecule has 2 aromatic carbocycles. The van der Waals surface area contributed by atoms with E-state index in [1.54, 1.807) is 31.2 Å². The maximum atomic E-state index is 12.8. The van der Waals surface area contributed by atoms with E-state index in [4.69, 9.17) is 4.74 Å². The summed E-state index contributed by atoms with van der Waals surface area (Å²) in [4.78, 5) is 23.2. The van der Waals surface area contributed by atoms with Crippen molar-refractivity contribution in [1.82, 2.24) is 10.6 Å². The molecule has 5 nitrogen and oxygen atoms in total. The third kappa shape index (κ3) is 5.10. The van der Waals surface area contributed by atoms with Crippen molar-refractivity contribution >= 4 is 11.8 Å². The van der Waals surface area contributed by atoms with Gasteiger partial charge in [0.05, 0.1) is 6.54 Å². The molecule has 0 radical (unpaired) electrons. The number of rotatable bonds is 6. The fourth-order valence-corrected chi connectivity index (χ4v) is 1.84. The van der Waals surface area contributed by atoms with Crippen molar-refractivity contribution in [2.75, 3.05) is 13.1 Å². The van der Waals surface area contributed by atoms with Gasteiger partial charge in [-0.3, -0.25) is 9.59 Å². The standard InChI is InChI=1S/C17H17FN2O3/c1-2-19-16(21)11-20-17(22)12-3-7-14(8-4-12)23-15-9-5-13(18)6-10-15/h3-10H,2,11H2,1H3,(H,19,21)(H,20,22). The van der Waals surface area contributed by atoms with Crippen molar-refractivity contribution in [3.63, 3.8) is 0 Å². The van der Waals surface area contributed by atoms with Crippen LogP contribution in [0.3, 0.4) is 0 Å². The van der Waals surface area contributed by atoms with Gasteiger partial charge in [-0.1, -0.05) is 0 Å². The Morgan fingerprint density at radius 1 is 0.957 bits per heavy atom. The second kappa shape index (κ2) is 7.93. The molecule has 23 heavy (non-hydrogen) atoms. The zero-order valence-electron chi connectivity index (χ0n) is 12.6. The molecule has 0 saturated heterocycles. The predicted octanol–water partition coefficient (Wildman–Crippen LogP) is 2.48. The molecule has 0 unspecified atom stereocenters. The van der Waals surface area contributed by atoms with Gasteiger partial charge in [-0.15, -0.1) is 0 Å². The molecule has 0 aliphatic carbocycles. The number of hydrogen-bond donors (Lipinski definition) is 2. The minimum atomic E-state index is -0.343. The van der Waals surface area contributed by atoms with Gasteiger partial charge < -0.3 is 15.4 Å². The van der Waals surface area contributed by atoms with Gasteiger partial charge in [0.15, 0.2) is 0 Å². The number of benzene rings is 2. The Labute approximate surface area is 133 Å². The summed E-state index contributed by atoms with van der Waals surface area (Å²) in [5, 5.41) is 5.12. The number of nitrogens with one attached hydrogen (secondary N) is 2. The van der Waals surface area contributed by atoms with Crippen LogP contribution in [0.1, 0.15) is 17.3 Å². The third-order valence-corrected chi connectivity index (χ3v) is 2.95. The van der Waals surface area contributed by atoms with Gasteiger partial charge in [0.2, 0.25) is 5.91 Å². The minimum absolute atomic E-state index is 0.0689. The van der Waals surface area contributed by atoms with E-state index in [0.29, 0.717) is 23.6 Å². The van der Waals surface area contributed by atoms with E-state index in [1.807, 2.05) is 0 Å². The van der Waals surface area contributed by atoms with Crippen LogP contribution in [0.4, 0.5) is 4.39 Å². The molecule has 0 atom stereocenters. The van der Waals surface area contributed by atoms with Gasteiger partial charge in [-0.25, -0.2) is 4.39 Å². The summed E-state index contributed by atoms with van der Waals surface area (Å²) in [6, 6.07) is 12.1. The van der Waals surface area contributed by atoms with Crippen molar-refractivity contribution in [1.29, 1.82) is 0 Å². The van der Waals surface area contributed by atoms with Crippen LogP contribution in [-0.2, 0) is 4.79 Å². The molecule has 0 fully saturated rings. The Hall–Kier alpha value is -2.89. The van der Waals surface area contributed by atoms with Crippen LogP contribution in [0.25, 0.3) is 0 Å². The van der Waals surface area contributed by atoms with Crippen LogP contribution in [0.5, 0.6) is 11.5 Å². The van der Waals surface area contributed by atoms with Gasteiger partial charge >= 0.3 is 0 Å². The minimum Gasteiger partial charge on any atom is -0.457 e. The van der Waals surface area contributed by atoms with Crippen LogP contribution in [0, 0.1) is 5.82 Å². The number of halogens is 1. The molecule has 0 aliphatic heterocycles. The van der Waals surface area contributed by atoms with E-state index < -0.39 is 0 Å². The second-order valence-electron chi connectivity index (χ2n) is 4.72. The number of amides is 2. The first-order valence-electron chi connectivity index (χ1n) is 7.17. The highest BCUT2D eigenvalue weighted by Gasteiger charge is 2.08. The van der Waals surface area contributed by atoms with Gasteiger partial charge in [-0.05, 0) is 55.5 Å². The summed E-state index contributed by atoms with van der Waals surface area (Å²) in [6.07, 6.45) is 0. The van der Waals surface area contributed by atoms with Crippen LogP contribution < -0.4 is 15.4 Å². The lowest BCUT2D eigenvalue weighted by molar-refractivity contribution is -0.120. The average Bonchev–Trinajstić information content (AvgIpc) is 2.56. The largest absolute Gasteiger partial charge is 0.457 e. The van der Waals surface area contributed by atoms with Crippen molar-refractivity contribution in [3.8, 4) is 11.5 Å². The van der Waals surface area contributed by atoms with Crippen molar-refractivity contribution < 1.29 is 18.7 Å². The Bertz CT molecular complexity index is 669. The summed E-state index contributed by atoms with van der Waals surface area (Å²) in [7, 11) is 0. The Morgan fingerprint density at radius 2 is 1.52 bits per heavy atom. The normalized spacial score (nSPS) is 10.0. The molecule has 2 N–H and O–H groups in total. The number of ether oxygens (including phenoxy) is 1. The van der Waals surface area contributed by atoms with Crippen LogP contribution in [0.15, 0.2) is 48.5 Å². The summed E-state index contributed by atoms with van der Waals surface area (Å²) >= 11 is 0. The SMILES string of the molecule is CCNC(=O)CNC(=O)c1ccc(Oc2ccc(F)cc2)cc1. The van der Waals surface area contributed by atoms with E-state index in [0.717, 1.165) is 0 Å². The summed E-state index contributed by atoms with van der Waals surface area (Å²) in [5.41, 5.74) is 0.417. The molecule has 2 rings (SSSR count). The lowest BCUT2D eigenvalue weighted by Gasteiger charge is -2.08. The fraction of sp³-hybridized carbons (Fsp3) is 0.176. The van der Waals surface area contributed by atoms with Gasteiger partial charge in [-0.2, -0.15) is 0 Å². The van der Waals surface area contributed by atoms with Gasteiger partial charge in [0, 0.05) is 12.1 Å². The van der Waals surface area contributed by atoms with Crippen molar-refractivity contribution in [2.45, 2.75) is 6.92 Å². The Kier molecular flexibility index (Phi) is 5.68. The third-order valence-electron chi connectivity index (χ3n) is 2.95. The molecule has 6 heteroatoms. The molecule has 2 amide bonds. The zero-order valence-corrected chi connectivity index (χ0v) is 12.6. The molecule has 2 aromatic rings. The quantitative estimate of drug-likeness (QED) is 0.860. The van der Waals surface area contributed by atoms with E-state index in [-0.39, 0.29) is 24.2 Å². The highest BCUT2D eigenvalue weighted by Crippen LogP contribution is 2.21. The number of hydrogen-bond acceptors (Lipinski definition) is 3. The maximum absolute atomic E-state index is 12.8. The van der Waals surface area contributed by atoms with E-state index in [9.17, 15) is 14.0 Å². The lowest BCUT2D eigenvalue weighted by Crippen LogP contribution is -2.36. The van der Waals surface area contributed by atoms with Crippen LogP contribution in [0.2, 0.25) is 0 Å². The lowest BCUT2D eigenvalue weighted by atomic mass is 10.2. The van der Waals surface area contributed by atoms with Crippen molar-refractivity contribution in [2.24, 2.45) is 0 Å². The first-order valence-corrected chi connectivity index (χ1v) is 7.17. The molecule has 0 saturated carbocycles. The maximum Gasteiger partial charge on any atom is 0.251 e. The first kappa shape index (κ1) is 16.5. The molecule has 0 heterocycles. The van der Waals surface area contributed by atoms with E-state index >= 15 is 0 Å². The smallest absolute Gasteiger partial charge is 0.251 e. The fourth-order valence-electron chi connectivity index (χ4n) is 1.84. The summed E-state index contributed by atoms with van der Waals surface area (Å²) in [6.45, 7) is 2.25. The molecular formula is C17H17FN2O3. The number of carbonyl (C=O) groups excluding carboxylic acids is 2. The van der Waals surface area contributed by atoms with Crippen molar-refractivity contribution in [3.05, 3.63) is 59.9 Å². The van der Waals surface area contributed by atoms with Gasteiger partial charge in [0.25, 0.3) is 5.91 Å². The number of likely N-dealkylation sites (N-methyl/N-ethyl adjacent to an activating group) is 1. The molecule has 120 valence electrons. The highest BCUT2D eigenvalue weighted by atomic mass is 19.1. The van der Waals surface area contributed by atoms with E-state index in [2.05, 4.69) is 10.6 Å². The topological polar surface area (TPSA) is 67.4 Å². The van der Waals surface area contributed by atoms with Crippen LogP contribution in [-0.4, -0.2) is 24.9 Å². The second-order valence-corrected chi connectivity index (χ2v) is 4.72. The van der Waals surface area contributed by atoms with Crippen LogP contribution >= 0.6 is 0 Å². The van der Waals surface area contributed by atoms with Gasteiger partial charge in [0.1, 0.15) is 17.3 Å². The molecule has 0 spiro atoms. The molecule has 0 bridgehead atoms. The molecule has 0 aliphatic rings. The predicted molar refractivity (Wildman–Crippen MR) is 83.9 cm³/mol. The summed E-state index contributed by atoms with van der Waals surface area (Å²) < 4.78 is 18.4. The molecule has 0 aromatic heterocycles. The summed E-state index contributed by atoms with van der Waals surface area (Å²) in [5.74, 6) is 0.106. The first-order chi connectivity index (χ1) is 11.1. The average molecular weight is 316 g/mol. The monoisotopic (exact) mass is 316 g/mol. The molecular weight excluding hydrogens is 299 g/mol. The Balaban J connectivity index is 1.92. The highest BCUT2D eigenvalue weighted by molar-refractivity contribution is 5.96. The van der Waals surface area contributed by atoms with E-state index in [1.165, 1.54) is 24.3 Å². The zero-order chi connectivity index (χ0) is 16.7.